The van der Waals surface area contributed by atoms with Gasteiger partial charge in [-0.05, 0) is 53.0 Å². The van der Waals surface area contributed by atoms with Crippen molar-refractivity contribution in [3.63, 3.8) is 0 Å². The average Bonchev–Trinajstić information content (AvgIpc) is 2.57. The van der Waals surface area contributed by atoms with Crippen molar-refractivity contribution in [2.75, 3.05) is 12.9 Å². The summed E-state index contributed by atoms with van der Waals surface area (Å²) in [7, 11) is 1.47. The SMILES string of the molecule is COc1cc(/C=N\NC(=O)CSCc2cc(C)cc(C)c2)cc(Br)c1O. The van der Waals surface area contributed by atoms with Crippen LogP contribution in [0.1, 0.15) is 22.3 Å². The second-order valence-electron chi connectivity index (χ2n) is 5.84. The van der Waals surface area contributed by atoms with Crippen LogP contribution in [-0.2, 0) is 10.5 Å². The molecule has 2 aromatic rings. The Kier molecular flexibility index (Phi) is 7.53. The van der Waals surface area contributed by atoms with E-state index in [1.54, 1.807) is 23.9 Å². The van der Waals surface area contributed by atoms with Gasteiger partial charge in [0.1, 0.15) is 0 Å². The Hall–Kier alpha value is -1.99. The standard InChI is InChI=1S/C19H21BrN2O3S/c1-12-4-13(2)6-15(5-12)10-26-11-18(23)22-21-9-14-7-16(20)19(24)17(8-14)25-3/h4-9,24H,10-11H2,1-3H3,(H,22,23)/b21-9-. The number of phenolic OH excluding ortho intramolecular Hbond substituents is 1. The minimum absolute atomic E-state index is 0.0245. The summed E-state index contributed by atoms with van der Waals surface area (Å²) >= 11 is 4.78. The molecule has 0 aromatic heterocycles. The minimum atomic E-state index is -0.166. The van der Waals surface area contributed by atoms with Crippen LogP contribution in [0.2, 0.25) is 0 Å². The number of rotatable bonds is 7. The van der Waals surface area contributed by atoms with Crippen LogP contribution in [0.5, 0.6) is 11.5 Å². The predicted octanol–water partition coefficient (Wildman–Crippen LogP) is 4.16. The Morgan fingerprint density at radius 3 is 2.62 bits per heavy atom. The Labute approximate surface area is 166 Å². The molecule has 0 unspecified atom stereocenters. The number of aryl methyl sites for hydroxylation is 2. The number of ether oxygens (including phenoxy) is 1. The number of nitrogens with zero attached hydrogens (tertiary/aromatic N) is 1. The third-order valence-corrected chi connectivity index (χ3v) is 5.07. The van der Waals surface area contributed by atoms with Gasteiger partial charge in [-0.15, -0.1) is 11.8 Å². The first-order chi connectivity index (χ1) is 12.4. The number of benzene rings is 2. The number of hydrogen-bond acceptors (Lipinski definition) is 5. The number of halogens is 1. The van der Waals surface area contributed by atoms with E-state index in [2.05, 4.69) is 58.5 Å². The Morgan fingerprint density at radius 1 is 1.27 bits per heavy atom. The number of phenols is 1. The third kappa shape index (κ3) is 6.07. The number of amides is 1. The zero-order valence-corrected chi connectivity index (χ0v) is 17.3. The highest BCUT2D eigenvalue weighted by atomic mass is 79.9. The van der Waals surface area contributed by atoms with Crippen LogP contribution in [0, 0.1) is 13.8 Å². The largest absolute Gasteiger partial charge is 0.503 e. The maximum Gasteiger partial charge on any atom is 0.250 e. The van der Waals surface area contributed by atoms with Gasteiger partial charge in [-0.1, -0.05) is 29.3 Å². The molecule has 0 spiro atoms. The highest BCUT2D eigenvalue weighted by Gasteiger charge is 2.07. The molecule has 0 bridgehead atoms. The summed E-state index contributed by atoms with van der Waals surface area (Å²) in [4.78, 5) is 11.9. The van der Waals surface area contributed by atoms with E-state index in [1.807, 2.05) is 0 Å². The lowest BCUT2D eigenvalue weighted by Crippen LogP contribution is -2.19. The Balaban J connectivity index is 1.83. The van der Waals surface area contributed by atoms with Crippen molar-refractivity contribution in [1.29, 1.82) is 0 Å². The lowest BCUT2D eigenvalue weighted by Gasteiger charge is -2.06. The molecule has 26 heavy (non-hydrogen) atoms. The summed E-state index contributed by atoms with van der Waals surface area (Å²) < 4.78 is 5.57. The maximum atomic E-state index is 11.9. The van der Waals surface area contributed by atoms with Crippen molar-refractivity contribution >= 4 is 39.8 Å². The van der Waals surface area contributed by atoms with Gasteiger partial charge in [-0.2, -0.15) is 5.10 Å². The summed E-state index contributed by atoms with van der Waals surface area (Å²) in [6, 6.07) is 9.71. The van der Waals surface area contributed by atoms with Crippen molar-refractivity contribution < 1.29 is 14.6 Å². The molecule has 0 fully saturated rings. The van der Waals surface area contributed by atoms with Crippen molar-refractivity contribution in [1.82, 2.24) is 5.43 Å². The molecule has 2 rings (SSSR count). The number of carbonyl (C=O) groups is 1. The summed E-state index contributed by atoms with van der Waals surface area (Å²) in [6.07, 6.45) is 1.50. The van der Waals surface area contributed by atoms with Gasteiger partial charge in [0.15, 0.2) is 11.5 Å². The fourth-order valence-corrected chi connectivity index (χ4v) is 3.66. The topological polar surface area (TPSA) is 70.9 Å². The first-order valence-electron chi connectivity index (χ1n) is 7.92. The third-order valence-electron chi connectivity index (χ3n) is 3.46. The Bertz CT molecular complexity index is 804. The van der Waals surface area contributed by atoms with E-state index in [-0.39, 0.29) is 11.7 Å². The van der Waals surface area contributed by atoms with Crippen LogP contribution in [0.25, 0.3) is 0 Å². The number of hydrazone groups is 1. The summed E-state index contributed by atoms with van der Waals surface area (Å²) in [5.74, 6) is 1.29. The van der Waals surface area contributed by atoms with Crippen molar-refractivity contribution in [2.45, 2.75) is 19.6 Å². The van der Waals surface area contributed by atoms with Gasteiger partial charge >= 0.3 is 0 Å². The number of thioether (sulfide) groups is 1. The molecule has 0 aliphatic rings. The molecule has 1 amide bonds. The van der Waals surface area contributed by atoms with Gasteiger partial charge in [0.05, 0.1) is 23.5 Å². The zero-order valence-electron chi connectivity index (χ0n) is 14.9. The second-order valence-corrected chi connectivity index (χ2v) is 7.68. The van der Waals surface area contributed by atoms with Crippen LogP contribution in [0.15, 0.2) is 39.9 Å². The number of aromatic hydroxyl groups is 1. The first-order valence-corrected chi connectivity index (χ1v) is 9.87. The van der Waals surface area contributed by atoms with Gasteiger partial charge < -0.3 is 9.84 Å². The predicted molar refractivity (Wildman–Crippen MR) is 110 cm³/mol. The highest BCUT2D eigenvalue weighted by molar-refractivity contribution is 9.10. The van der Waals surface area contributed by atoms with E-state index in [9.17, 15) is 9.90 Å². The van der Waals surface area contributed by atoms with E-state index in [4.69, 9.17) is 4.74 Å². The van der Waals surface area contributed by atoms with Gasteiger partial charge in [-0.3, -0.25) is 4.79 Å². The molecule has 0 saturated heterocycles. The number of nitrogens with one attached hydrogen (secondary N) is 1. The van der Waals surface area contributed by atoms with E-state index in [0.717, 1.165) is 5.75 Å². The van der Waals surface area contributed by atoms with E-state index in [0.29, 0.717) is 21.5 Å². The van der Waals surface area contributed by atoms with Crippen LogP contribution < -0.4 is 10.2 Å². The minimum Gasteiger partial charge on any atom is -0.503 e. The van der Waals surface area contributed by atoms with Crippen LogP contribution >= 0.6 is 27.7 Å². The molecule has 0 radical (unpaired) electrons. The molecule has 0 atom stereocenters. The zero-order chi connectivity index (χ0) is 19.1. The molecule has 0 heterocycles. The van der Waals surface area contributed by atoms with E-state index >= 15 is 0 Å². The molecular formula is C19H21BrN2O3S. The van der Waals surface area contributed by atoms with Crippen molar-refractivity contribution in [3.8, 4) is 11.5 Å². The van der Waals surface area contributed by atoms with Gasteiger partial charge in [-0.25, -0.2) is 5.43 Å². The van der Waals surface area contributed by atoms with Crippen molar-refractivity contribution in [2.24, 2.45) is 5.10 Å². The van der Waals surface area contributed by atoms with Gasteiger partial charge in [0, 0.05) is 5.75 Å². The fraction of sp³-hybridized carbons (Fsp3) is 0.263. The van der Waals surface area contributed by atoms with Crippen LogP contribution in [0.3, 0.4) is 0 Å². The molecule has 0 saturated carbocycles. The van der Waals surface area contributed by atoms with Gasteiger partial charge in [0.25, 0.3) is 0 Å². The Morgan fingerprint density at radius 2 is 1.96 bits per heavy atom. The summed E-state index contributed by atoms with van der Waals surface area (Å²) in [5.41, 5.74) is 6.86. The van der Waals surface area contributed by atoms with Crippen LogP contribution in [0.4, 0.5) is 0 Å². The molecule has 2 N–H and O–H groups in total. The second kappa shape index (κ2) is 9.64. The molecule has 0 aliphatic heterocycles. The molecular weight excluding hydrogens is 416 g/mol. The molecule has 7 heteroatoms. The summed E-state index contributed by atoms with van der Waals surface area (Å²) in [6.45, 7) is 4.14. The quantitative estimate of drug-likeness (QED) is 0.504. The number of hydrogen-bond donors (Lipinski definition) is 2. The fourth-order valence-electron chi connectivity index (χ4n) is 2.45. The smallest absolute Gasteiger partial charge is 0.250 e. The van der Waals surface area contributed by atoms with Crippen LogP contribution in [-0.4, -0.2) is 30.1 Å². The molecule has 0 aliphatic carbocycles. The molecule has 5 nitrogen and oxygen atoms in total. The molecule has 138 valence electrons. The monoisotopic (exact) mass is 436 g/mol. The maximum absolute atomic E-state index is 11.9. The van der Waals surface area contributed by atoms with Crippen molar-refractivity contribution in [3.05, 3.63) is 57.1 Å². The number of carbonyl (C=O) groups excluding carboxylic acids is 1. The van der Waals surface area contributed by atoms with E-state index in [1.165, 1.54) is 30.0 Å². The number of methoxy groups -OCH3 is 1. The van der Waals surface area contributed by atoms with E-state index < -0.39 is 0 Å². The first kappa shape index (κ1) is 20.3. The normalized spacial score (nSPS) is 10.9. The summed E-state index contributed by atoms with van der Waals surface area (Å²) in [5, 5.41) is 13.7. The highest BCUT2D eigenvalue weighted by Crippen LogP contribution is 2.34. The van der Waals surface area contributed by atoms with Gasteiger partial charge in [0.2, 0.25) is 5.91 Å². The average molecular weight is 437 g/mol. The molecule has 2 aromatic carbocycles. The lowest BCUT2D eigenvalue weighted by atomic mass is 10.1. The lowest BCUT2D eigenvalue weighted by molar-refractivity contribution is -0.118.